The maximum absolute atomic E-state index is 13.1. The van der Waals surface area contributed by atoms with Gasteiger partial charge in [0.15, 0.2) is 0 Å². The van der Waals surface area contributed by atoms with Gasteiger partial charge < -0.3 is 23.9 Å². The Balaban J connectivity index is 2.15. The van der Waals surface area contributed by atoms with Gasteiger partial charge in [0.05, 0.1) is 37.2 Å². The number of nitrogens with zero attached hydrogens (tertiary/aromatic N) is 1. The minimum Gasteiger partial charge on any atom is -0.507 e. The third kappa shape index (κ3) is 4.58. The van der Waals surface area contributed by atoms with Gasteiger partial charge >= 0.3 is 0 Å². The van der Waals surface area contributed by atoms with Gasteiger partial charge in [0.2, 0.25) is 0 Å². The van der Waals surface area contributed by atoms with Gasteiger partial charge in [0, 0.05) is 6.54 Å². The molecule has 0 radical (unpaired) electrons. The van der Waals surface area contributed by atoms with Crippen molar-refractivity contribution >= 4 is 17.4 Å². The largest absolute Gasteiger partial charge is 0.507 e. The number of hydrogen-bond acceptors (Lipinski definition) is 6. The highest BCUT2D eigenvalue weighted by molar-refractivity contribution is 6.46. The highest BCUT2D eigenvalue weighted by Crippen LogP contribution is 2.41. The van der Waals surface area contributed by atoms with E-state index in [9.17, 15) is 14.7 Å². The quantitative estimate of drug-likeness (QED) is 0.388. The van der Waals surface area contributed by atoms with Crippen molar-refractivity contribution in [3.8, 4) is 5.75 Å². The first kappa shape index (κ1) is 23.6. The average molecular weight is 442 g/mol. The molecule has 7 heteroatoms. The summed E-state index contributed by atoms with van der Waals surface area (Å²) in [6, 6.07) is 7.97. The first-order valence-corrected chi connectivity index (χ1v) is 10.7. The number of likely N-dealkylation sites (tertiary alicyclic amines) is 1. The van der Waals surface area contributed by atoms with Crippen LogP contribution < -0.4 is 4.74 Å². The van der Waals surface area contributed by atoms with Crippen LogP contribution >= 0.6 is 0 Å². The van der Waals surface area contributed by atoms with Crippen LogP contribution in [0, 0.1) is 0 Å². The second kappa shape index (κ2) is 9.20. The van der Waals surface area contributed by atoms with Crippen LogP contribution in [0.15, 0.2) is 46.6 Å². The Kier molecular flexibility index (Phi) is 6.79. The van der Waals surface area contributed by atoms with E-state index in [1.165, 1.54) is 18.3 Å². The van der Waals surface area contributed by atoms with Crippen LogP contribution in [0.3, 0.4) is 0 Å². The zero-order valence-corrected chi connectivity index (χ0v) is 19.5. The molecule has 1 fully saturated rings. The molecule has 0 spiro atoms. The molecule has 1 aromatic carbocycles. The minimum absolute atomic E-state index is 0.0155. The third-order valence-corrected chi connectivity index (χ3v) is 5.46. The molecule has 7 nitrogen and oxygen atoms in total. The second-order valence-electron chi connectivity index (χ2n) is 9.09. The van der Waals surface area contributed by atoms with Crippen LogP contribution in [0.4, 0.5) is 0 Å². The Bertz CT molecular complexity index is 1010. The first-order chi connectivity index (χ1) is 15.1. The Morgan fingerprint density at radius 1 is 1.22 bits per heavy atom. The number of rotatable bonds is 7. The van der Waals surface area contributed by atoms with Crippen LogP contribution in [0.5, 0.6) is 5.75 Å². The molecule has 0 bridgehead atoms. The van der Waals surface area contributed by atoms with Gasteiger partial charge in [0.1, 0.15) is 23.3 Å². The van der Waals surface area contributed by atoms with Crippen molar-refractivity contribution in [3.63, 3.8) is 0 Å². The van der Waals surface area contributed by atoms with E-state index in [0.29, 0.717) is 17.1 Å². The molecule has 1 aliphatic heterocycles. The molecule has 1 aromatic heterocycles. The van der Waals surface area contributed by atoms with Crippen molar-refractivity contribution in [2.45, 2.75) is 52.2 Å². The molecule has 172 valence electrons. The summed E-state index contributed by atoms with van der Waals surface area (Å²) in [6.45, 7) is 10.4. The van der Waals surface area contributed by atoms with Crippen molar-refractivity contribution in [2.75, 3.05) is 20.3 Å². The fourth-order valence-electron chi connectivity index (χ4n) is 3.74. The average Bonchev–Trinajstić information content (AvgIpc) is 3.34. The predicted molar refractivity (Wildman–Crippen MR) is 120 cm³/mol. The molecule has 0 aliphatic carbocycles. The predicted octanol–water partition coefficient (Wildman–Crippen LogP) is 4.43. The van der Waals surface area contributed by atoms with E-state index >= 15 is 0 Å². The normalized spacial score (nSPS) is 18.6. The number of carbonyl (C=O) groups is 2. The third-order valence-electron chi connectivity index (χ3n) is 5.46. The Hall–Kier alpha value is -3.06. The molecule has 1 aliphatic rings. The number of ether oxygens (including phenoxy) is 2. The SMILES string of the molecule is COc1ccc(C(C)(C)C)cc1/C(O)=C1\C(=O)C(=O)N(CCOC(C)C)C1c1ccco1. The summed E-state index contributed by atoms with van der Waals surface area (Å²) in [6.07, 6.45) is 1.46. The van der Waals surface area contributed by atoms with E-state index in [1.54, 1.807) is 24.3 Å². The molecule has 1 amide bonds. The van der Waals surface area contributed by atoms with Crippen molar-refractivity contribution < 1.29 is 28.6 Å². The molecule has 2 heterocycles. The van der Waals surface area contributed by atoms with Crippen LogP contribution in [-0.4, -0.2) is 48.1 Å². The number of furan rings is 1. The number of aliphatic hydroxyl groups is 1. The Morgan fingerprint density at radius 3 is 2.50 bits per heavy atom. The lowest BCUT2D eigenvalue weighted by atomic mass is 9.85. The number of carbonyl (C=O) groups excluding carboxylic acids is 2. The fourth-order valence-corrected chi connectivity index (χ4v) is 3.74. The number of ketones is 1. The maximum Gasteiger partial charge on any atom is 0.295 e. The van der Waals surface area contributed by atoms with Gasteiger partial charge in [-0.25, -0.2) is 0 Å². The Morgan fingerprint density at radius 2 is 1.94 bits per heavy atom. The number of Topliss-reactive ketones (excluding diaryl/α,β-unsaturated/α-hetero) is 1. The van der Waals surface area contributed by atoms with Crippen molar-refractivity contribution in [3.05, 3.63) is 59.1 Å². The number of hydrogen-bond donors (Lipinski definition) is 1. The molecular weight excluding hydrogens is 410 g/mol. The molecule has 1 atom stereocenters. The summed E-state index contributed by atoms with van der Waals surface area (Å²) in [5.74, 6) is -0.966. The lowest BCUT2D eigenvalue weighted by molar-refractivity contribution is -0.140. The van der Waals surface area contributed by atoms with E-state index in [2.05, 4.69) is 20.8 Å². The maximum atomic E-state index is 13.1. The van der Waals surface area contributed by atoms with Crippen molar-refractivity contribution in [1.29, 1.82) is 0 Å². The highest BCUT2D eigenvalue weighted by Gasteiger charge is 2.47. The summed E-state index contributed by atoms with van der Waals surface area (Å²) >= 11 is 0. The summed E-state index contributed by atoms with van der Waals surface area (Å²) in [5, 5.41) is 11.3. The van der Waals surface area contributed by atoms with Gasteiger partial charge in [-0.3, -0.25) is 9.59 Å². The smallest absolute Gasteiger partial charge is 0.295 e. The topological polar surface area (TPSA) is 89.2 Å². The van der Waals surface area contributed by atoms with Gasteiger partial charge in [-0.1, -0.05) is 26.8 Å². The summed E-state index contributed by atoms with van der Waals surface area (Å²) in [7, 11) is 1.49. The molecule has 3 rings (SSSR count). The molecule has 1 saturated heterocycles. The van der Waals surface area contributed by atoms with E-state index < -0.39 is 17.7 Å². The van der Waals surface area contributed by atoms with Crippen molar-refractivity contribution in [1.82, 2.24) is 4.90 Å². The van der Waals surface area contributed by atoms with Crippen molar-refractivity contribution in [2.24, 2.45) is 0 Å². The second-order valence-corrected chi connectivity index (χ2v) is 9.09. The number of aliphatic hydroxyl groups excluding tert-OH is 1. The van der Waals surface area contributed by atoms with Gasteiger partial charge in [0.25, 0.3) is 11.7 Å². The standard InChI is InChI=1S/C25H31NO6/c1-15(2)31-13-11-26-21(19-8-7-12-32-19)20(23(28)24(26)29)22(27)17-14-16(25(3,4)5)9-10-18(17)30-6/h7-10,12,14-15,21,27H,11,13H2,1-6H3/b22-20+. The molecule has 2 aromatic rings. The molecule has 1 N–H and O–H groups in total. The summed E-state index contributed by atoms with van der Waals surface area (Å²) < 4.78 is 16.6. The molecule has 32 heavy (non-hydrogen) atoms. The first-order valence-electron chi connectivity index (χ1n) is 10.7. The zero-order chi connectivity index (χ0) is 23.6. The molecule has 0 saturated carbocycles. The zero-order valence-electron chi connectivity index (χ0n) is 19.5. The van der Waals surface area contributed by atoms with Crippen LogP contribution in [-0.2, 0) is 19.7 Å². The Labute approximate surface area is 188 Å². The van der Waals surface area contributed by atoms with E-state index in [1.807, 2.05) is 19.9 Å². The van der Waals surface area contributed by atoms with Gasteiger partial charge in [-0.2, -0.15) is 0 Å². The number of methoxy groups -OCH3 is 1. The number of benzene rings is 1. The monoisotopic (exact) mass is 441 g/mol. The van der Waals surface area contributed by atoms with Gasteiger partial charge in [-0.05, 0) is 49.1 Å². The summed E-state index contributed by atoms with van der Waals surface area (Å²) in [4.78, 5) is 27.4. The van der Waals surface area contributed by atoms with E-state index in [0.717, 1.165) is 5.56 Å². The highest BCUT2D eigenvalue weighted by atomic mass is 16.5. The molecular formula is C25H31NO6. The number of amides is 1. The minimum atomic E-state index is -0.858. The van der Waals surface area contributed by atoms with Gasteiger partial charge in [-0.15, -0.1) is 0 Å². The summed E-state index contributed by atoms with van der Waals surface area (Å²) in [5.41, 5.74) is 1.09. The van der Waals surface area contributed by atoms with Crippen LogP contribution in [0.2, 0.25) is 0 Å². The lowest BCUT2D eigenvalue weighted by Crippen LogP contribution is -2.33. The fraction of sp³-hybridized carbons (Fsp3) is 0.440. The lowest BCUT2D eigenvalue weighted by Gasteiger charge is -2.24. The van der Waals surface area contributed by atoms with E-state index in [4.69, 9.17) is 13.9 Å². The van der Waals surface area contributed by atoms with Crippen LogP contribution in [0.1, 0.15) is 57.5 Å². The molecule has 1 unspecified atom stereocenters. The van der Waals surface area contributed by atoms with E-state index in [-0.39, 0.29) is 36.0 Å². The van der Waals surface area contributed by atoms with Crippen LogP contribution in [0.25, 0.3) is 5.76 Å².